The summed E-state index contributed by atoms with van der Waals surface area (Å²) in [5.74, 6) is -0.915. The van der Waals surface area contributed by atoms with E-state index in [4.69, 9.17) is 11.6 Å². The van der Waals surface area contributed by atoms with Crippen molar-refractivity contribution in [3.63, 3.8) is 0 Å². The number of halogens is 2. The van der Waals surface area contributed by atoms with Gasteiger partial charge in [0.1, 0.15) is 11.5 Å². The third-order valence-corrected chi connectivity index (χ3v) is 5.05. The fourth-order valence-electron chi connectivity index (χ4n) is 3.19. The molecule has 1 aromatic carbocycles. The predicted molar refractivity (Wildman–Crippen MR) is 102 cm³/mol. The van der Waals surface area contributed by atoms with Crippen LogP contribution < -0.4 is 16.6 Å². The Morgan fingerprint density at radius 2 is 1.81 bits per heavy atom. The van der Waals surface area contributed by atoms with Crippen LogP contribution in [0.5, 0.6) is 0 Å². The minimum absolute atomic E-state index is 0.0799. The number of rotatable bonds is 3. The van der Waals surface area contributed by atoms with Crippen LogP contribution in [0.15, 0.2) is 27.8 Å². The second-order valence-corrected chi connectivity index (χ2v) is 6.78. The van der Waals surface area contributed by atoms with Crippen molar-refractivity contribution < 1.29 is 9.18 Å². The molecule has 27 heavy (non-hydrogen) atoms. The fraction of sp³-hybridized carbons (Fsp3) is 0.278. The lowest BCUT2D eigenvalue weighted by atomic mass is 10.1. The van der Waals surface area contributed by atoms with Gasteiger partial charge in [-0.25, -0.2) is 9.18 Å². The Labute approximate surface area is 158 Å². The van der Waals surface area contributed by atoms with Gasteiger partial charge in [0.25, 0.3) is 5.56 Å². The lowest BCUT2D eigenvalue weighted by Crippen LogP contribution is -2.37. The number of benzene rings is 1. The van der Waals surface area contributed by atoms with Crippen LogP contribution in [0.3, 0.4) is 0 Å². The number of hydrogen-bond acceptors (Lipinski definition) is 3. The second-order valence-electron chi connectivity index (χ2n) is 6.38. The summed E-state index contributed by atoms with van der Waals surface area (Å²) in [6.45, 7) is 1.78. The lowest BCUT2D eigenvalue weighted by Gasteiger charge is -2.08. The number of aryl methyl sites for hydroxylation is 2. The van der Waals surface area contributed by atoms with Crippen molar-refractivity contribution >= 4 is 34.2 Å². The molecule has 3 rings (SSSR count). The molecule has 0 aliphatic rings. The smallest absolute Gasteiger partial charge is 0.332 e. The maximum atomic E-state index is 13.1. The molecule has 2 heterocycles. The molecule has 2 aromatic heterocycles. The third-order valence-electron chi connectivity index (χ3n) is 4.74. The van der Waals surface area contributed by atoms with Crippen molar-refractivity contribution in [1.82, 2.24) is 13.7 Å². The molecule has 0 unspecified atom stereocenters. The normalized spacial score (nSPS) is 11.2. The summed E-state index contributed by atoms with van der Waals surface area (Å²) in [5.41, 5.74) is 1.05. The molecule has 9 heteroatoms. The molecule has 0 fully saturated rings. The van der Waals surface area contributed by atoms with Crippen LogP contribution in [0.2, 0.25) is 5.02 Å². The van der Waals surface area contributed by atoms with E-state index < -0.39 is 23.0 Å². The highest BCUT2D eigenvalue weighted by molar-refractivity contribution is 6.33. The average Bonchev–Trinajstić information content (AvgIpc) is 2.85. The van der Waals surface area contributed by atoms with E-state index in [0.717, 1.165) is 10.6 Å². The maximum absolute atomic E-state index is 13.1. The summed E-state index contributed by atoms with van der Waals surface area (Å²) in [6, 6.07) is 3.66. The molecule has 0 bridgehead atoms. The Morgan fingerprint density at radius 3 is 2.44 bits per heavy atom. The average molecular weight is 393 g/mol. The van der Waals surface area contributed by atoms with Gasteiger partial charge in [-0.3, -0.25) is 18.7 Å². The lowest BCUT2D eigenvalue weighted by molar-refractivity contribution is -0.115. The van der Waals surface area contributed by atoms with E-state index in [1.165, 1.54) is 23.7 Å². The van der Waals surface area contributed by atoms with Gasteiger partial charge in [-0.1, -0.05) is 11.6 Å². The molecule has 0 saturated carbocycles. The molecular formula is C18H18ClFN4O3. The molecule has 1 amide bonds. The minimum Gasteiger partial charge on any atom is -0.334 e. The molecule has 0 aliphatic carbocycles. The Hall–Kier alpha value is -2.87. The van der Waals surface area contributed by atoms with Gasteiger partial charge in [-0.05, 0) is 30.7 Å². The van der Waals surface area contributed by atoms with Crippen molar-refractivity contribution in [2.45, 2.75) is 13.3 Å². The summed E-state index contributed by atoms with van der Waals surface area (Å²) in [6.07, 6.45) is -0.0929. The first-order valence-corrected chi connectivity index (χ1v) is 8.50. The van der Waals surface area contributed by atoms with Crippen molar-refractivity contribution in [1.29, 1.82) is 0 Å². The van der Waals surface area contributed by atoms with E-state index >= 15 is 0 Å². The van der Waals surface area contributed by atoms with Gasteiger partial charge in [-0.15, -0.1) is 0 Å². The number of fused-ring (bicyclic) bond motifs is 1. The van der Waals surface area contributed by atoms with Crippen LogP contribution in [0.4, 0.5) is 10.1 Å². The molecule has 142 valence electrons. The Bertz CT molecular complexity index is 1210. The van der Waals surface area contributed by atoms with Crippen LogP contribution in [0.25, 0.3) is 11.0 Å². The topological polar surface area (TPSA) is 78.0 Å². The van der Waals surface area contributed by atoms with Crippen LogP contribution >= 0.6 is 11.6 Å². The first-order chi connectivity index (χ1) is 12.6. The van der Waals surface area contributed by atoms with Gasteiger partial charge in [-0.2, -0.15) is 0 Å². The van der Waals surface area contributed by atoms with Crippen molar-refractivity contribution in [3.8, 4) is 0 Å². The van der Waals surface area contributed by atoms with E-state index in [2.05, 4.69) is 5.32 Å². The van der Waals surface area contributed by atoms with Gasteiger partial charge < -0.3 is 9.88 Å². The first kappa shape index (κ1) is 18.9. The van der Waals surface area contributed by atoms with E-state index in [1.807, 2.05) is 0 Å². The SMILES string of the molecule is Cc1c(CC(=O)Nc2ccc(F)cc2Cl)c2c(=O)n(C)c(=O)n(C)c2n1C. The van der Waals surface area contributed by atoms with Crippen molar-refractivity contribution in [2.75, 3.05) is 5.32 Å². The molecule has 7 nitrogen and oxygen atoms in total. The van der Waals surface area contributed by atoms with Crippen molar-refractivity contribution in [3.05, 3.63) is 61.1 Å². The van der Waals surface area contributed by atoms with E-state index in [1.54, 1.807) is 25.6 Å². The summed E-state index contributed by atoms with van der Waals surface area (Å²) < 4.78 is 17.3. The quantitative estimate of drug-likeness (QED) is 0.739. The zero-order valence-corrected chi connectivity index (χ0v) is 16.0. The minimum atomic E-state index is -0.507. The van der Waals surface area contributed by atoms with E-state index in [-0.39, 0.29) is 17.1 Å². The summed E-state index contributed by atoms with van der Waals surface area (Å²) in [7, 11) is 4.70. The van der Waals surface area contributed by atoms with Gasteiger partial charge in [0.2, 0.25) is 5.91 Å². The zero-order chi connectivity index (χ0) is 20.0. The van der Waals surface area contributed by atoms with Gasteiger partial charge in [0.15, 0.2) is 0 Å². The van der Waals surface area contributed by atoms with Gasteiger partial charge >= 0.3 is 5.69 Å². The van der Waals surface area contributed by atoms with Gasteiger partial charge in [0.05, 0.1) is 22.5 Å². The monoisotopic (exact) mass is 392 g/mol. The Balaban J connectivity index is 2.07. The van der Waals surface area contributed by atoms with Crippen molar-refractivity contribution in [2.24, 2.45) is 21.1 Å². The van der Waals surface area contributed by atoms with Gasteiger partial charge in [0, 0.05) is 26.8 Å². The molecule has 0 aliphatic heterocycles. The Kier molecular flexibility index (Phi) is 4.69. The standard InChI is InChI=1S/C18H18ClFN4O3/c1-9-11(8-14(25)21-13-6-5-10(20)7-12(13)19)15-16(22(9)2)23(3)18(27)24(4)17(15)26/h5-7H,8H2,1-4H3,(H,21,25). The molecule has 0 atom stereocenters. The fourth-order valence-corrected chi connectivity index (χ4v) is 3.41. The Morgan fingerprint density at radius 1 is 1.15 bits per heavy atom. The number of nitrogens with one attached hydrogen (secondary N) is 1. The molecule has 3 aromatic rings. The maximum Gasteiger partial charge on any atom is 0.332 e. The first-order valence-electron chi connectivity index (χ1n) is 8.12. The zero-order valence-electron chi connectivity index (χ0n) is 15.3. The highest BCUT2D eigenvalue weighted by Crippen LogP contribution is 2.24. The number of amides is 1. The molecule has 0 spiro atoms. The second kappa shape index (κ2) is 6.70. The van der Waals surface area contributed by atoms with E-state index in [0.29, 0.717) is 22.3 Å². The highest BCUT2D eigenvalue weighted by atomic mass is 35.5. The van der Waals surface area contributed by atoms with E-state index in [9.17, 15) is 18.8 Å². The van der Waals surface area contributed by atoms with Crippen LogP contribution in [-0.4, -0.2) is 19.6 Å². The highest BCUT2D eigenvalue weighted by Gasteiger charge is 2.22. The van der Waals surface area contributed by atoms with Crippen LogP contribution in [-0.2, 0) is 32.4 Å². The summed E-state index contributed by atoms with van der Waals surface area (Å²) in [5, 5.41) is 3.02. The largest absolute Gasteiger partial charge is 0.334 e. The number of carbonyl (C=O) groups is 1. The summed E-state index contributed by atoms with van der Waals surface area (Å²) in [4.78, 5) is 37.4. The number of aromatic nitrogens is 3. The van der Waals surface area contributed by atoms with Crippen LogP contribution in [0.1, 0.15) is 11.3 Å². The summed E-state index contributed by atoms with van der Waals surface area (Å²) >= 11 is 5.94. The number of anilines is 1. The molecular weight excluding hydrogens is 375 g/mol. The molecule has 0 radical (unpaired) electrons. The third kappa shape index (κ3) is 3.06. The van der Waals surface area contributed by atoms with Crippen LogP contribution in [0, 0.1) is 12.7 Å². The molecule has 0 saturated heterocycles. The molecule has 1 N–H and O–H groups in total. The number of carbonyl (C=O) groups excluding carboxylic acids is 1. The number of hydrogen-bond donors (Lipinski definition) is 1. The number of nitrogens with zero attached hydrogens (tertiary/aromatic N) is 3. The predicted octanol–water partition coefficient (Wildman–Crippen LogP) is 1.86.